The smallest absolute Gasteiger partial charge is 0.263 e. The molecule has 0 spiro atoms. The van der Waals surface area contributed by atoms with Gasteiger partial charge in [0.25, 0.3) is 5.91 Å². The van der Waals surface area contributed by atoms with Crippen LogP contribution in [0.5, 0.6) is 0 Å². The maximum Gasteiger partial charge on any atom is 0.263 e. The molecule has 3 N–H and O–H groups in total. The molecule has 5 heteroatoms. The Morgan fingerprint density at radius 3 is 2.90 bits per heavy atom. The largest absolute Gasteiger partial charge is 0.397 e. The van der Waals surface area contributed by atoms with E-state index >= 15 is 0 Å². The van der Waals surface area contributed by atoms with E-state index in [1.165, 1.54) is 29.9 Å². The molecule has 1 fully saturated rings. The van der Waals surface area contributed by atoms with Gasteiger partial charge >= 0.3 is 0 Å². The zero-order valence-corrected chi connectivity index (χ0v) is 12.1. The zero-order valence-electron chi connectivity index (χ0n) is 11.3. The van der Waals surface area contributed by atoms with E-state index in [1.807, 2.05) is 0 Å². The number of nitrogens with two attached hydrogens (primary N) is 1. The average Bonchev–Trinajstić information content (AvgIpc) is 2.71. The Morgan fingerprint density at radius 1 is 1.50 bits per heavy atom. The van der Waals surface area contributed by atoms with Crippen molar-refractivity contribution in [2.24, 2.45) is 5.41 Å². The minimum absolute atomic E-state index is 0.155. The van der Waals surface area contributed by atoms with E-state index in [0.29, 0.717) is 22.5 Å². The Balaban J connectivity index is 1.82. The summed E-state index contributed by atoms with van der Waals surface area (Å²) in [7, 11) is 0. The van der Waals surface area contributed by atoms with E-state index in [0.717, 1.165) is 17.5 Å². The molecule has 1 aliphatic carbocycles. The third-order valence-electron chi connectivity index (χ3n) is 4.13. The standard InChI is InChI=1S/C15H17FN2OS/c1-15(5-2-6-15)8-18-14(19)13-12(17)10-7-9(16)3-4-11(10)20-13/h3-4,7H,2,5-6,8,17H2,1H3,(H,18,19). The number of nitrogen functional groups attached to an aromatic ring is 1. The molecule has 0 aliphatic heterocycles. The maximum absolute atomic E-state index is 13.2. The van der Waals surface area contributed by atoms with Crippen LogP contribution in [0, 0.1) is 11.2 Å². The first-order chi connectivity index (χ1) is 9.48. The molecule has 1 saturated carbocycles. The van der Waals surface area contributed by atoms with Gasteiger partial charge in [-0.25, -0.2) is 4.39 Å². The normalized spacial score (nSPS) is 16.9. The van der Waals surface area contributed by atoms with Gasteiger partial charge in [-0.15, -0.1) is 11.3 Å². The number of carbonyl (C=O) groups excluding carboxylic acids is 1. The van der Waals surface area contributed by atoms with E-state index in [9.17, 15) is 9.18 Å². The van der Waals surface area contributed by atoms with Gasteiger partial charge in [0.15, 0.2) is 0 Å². The number of benzene rings is 1. The molecular weight excluding hydrogens is 275 g/mol. The summed E-state index contributed by atoms with van der Waals surface area (Å²) in [5.74, 6) is -0.492. The second-order valence-corrected chi connectivity index (χ2v) is 6.88. The molecule has 0 unspecified atom stereocenters. The minimum Gasteiger partial charge on any atom is -0.397 e. The van der Waals surface area contributed by atoms with Crippen LogP contribution in [0.25, 0.3) is 10.1 Å². The molecule has 2 aromatic rings. The molecule has 3 nitrogen and oxygen atoms in total. The van der Waals surface area contributed by atoms with Crippen LogP contribution in [0.2, 0.25) is 0 Å². The van der Waals surface area contributed by atoms with Gasteiger partial charge in [0.1, 0.15) is 10.7 Å². The van der Waals surface area contributed by atoms with Gasteiger partial charge in [0, 0.05) is 16.6 Å². The molecule has 3 rings (SSSR count). The number of rotatable bonds is 3. The average molecular weight is 292 g/mol. The van der Waals surface area contributed by atoms with Crippen molar-refractivity contribution >= 4 is 33.0 Å². The molecule has 1 amide bonds. The van der Waals surface area contributed by atoms with Crippen molar-refractivity contribution in [3.8, 4) is 0 Å². The highest BCUT2D eigenvalue weighted by molar-refractivity contribution is 7.21. The minimum atomic E-state index is -0.337. The first-order valence-electron chi connectivity index (χ1n) is 6.74. The molecule has 1 aromatic carbocycles. The molecule has 0 atom stereocenters. The summed E-state index contributed by atoms with van der Waals surface area (Å²) in [6, 6.07) is 4.43. The summed E-state index contributed by atoms with van der Waals surface area (Å²) in [6.45, 7) is 2.86. The Kier molecular flexibility index (Phi) is 3.17. The van der Waals surface area contributed by atoms with Crippen molar-refractivity contribution in [2.75, 3.05) is 12.3 Å². The SMILES string of the molecule is CC1(CNC(=O)c2sc3ccc(F)cc3c2N)CCC1. The van der Waals surface area contributed by atoms with E-state index in [-0.39, 0.29) is 17.1 Å². The number of carbonyl (C=O) groups is 1. The second kappa shape index (κ2) is 4.74. The molecule has 106 valence electrons. The number of halogens is 1. The molecular formula is C15H17FN2OS. The lowest BCUT2D eigenvalue weighted by Crippen LogP contribution is -2.39. The lowest BCUT2D eigenvalue weighted by molar-refractivity contribution is 0.0895. The Bertz CT molecular complexity index is 676. The van der Waals surface area contributed by atoms with Gasteiger partial charge in [0.05, 0.1) is 5.69 Å². The van der Waals surface area contributed by atoms with E-state index in [4.69, 9.17) is 5.73 Å². The molecule has 0 saturated heterocycles. The van der Waals surface area contributed by atoms with Crippen molar-refractivity contribution in [3.05, 3.63) is 28.9 Å². The van der Waals surface area contributed by atoms with Gasteiger partial charge in [-0.3, -0.25) is 4.79 Å². The van der Waals surface area contributed by atoms with Crippen LogP contribution in [-0.4, -0.2) is 12.5 Å². The topological polar surface area (TPSA) is 55.1 Å². The highest BCUT2D eigenvalue weighted by Crippen LogP contribution is 2.40. The first-order valence-corrected chi connectivity index (χ1v) is 7.56. The van der Waals surface area contributed by atoms with Gasteiger partial charge in [-0.05, 0) is 36.5 Å². The van der Waals surface area contributed by atoms with E-state index in [1.54, 1.807) is 6.07 Å². The Hall–Kier alpha value is -1.62. The molecule has 0 radical (unpaired) electrons. The van der Waals surface area contributed by atoms with Crippen LogP contribution < -0.4 is 11.1 Å². The predicted octanol–water partition coefficient (Wildman–Crippen LogP) is 3.54. The molecule has 1 aromatic heterocycles. The van der Waals surface area contributed by atoms with Crippen LogP contribution in [0.4, 0.5) is 10.1 Å². The molecule has 20 heavy (non-hydrogen) atoms. The summed E-state index contributed by atoms with van der Waals surface area (Å²) in [4.78, 5) is 12.7. The Morgan fingerprint density at radius 2 is 2.25 bits per heavy atom. The Labute approximate surface area is 121 Å². The summed E-state index contributed by atoms with van der Waals surface area (Å²) in [6.07, 6.45) is 3.54. The predicted molar refractivity (Wildman–Crippen MR) is 80.5 cm³/mol. The van der Waals surface area contributed by atoms with Crippen molar-refractivity contribution in [1.29, 1.82) is 0 Å². The van der Waals surface area contributed by atoms with Crippen molar-refractivity contribution in [3.63, 3.8) is 0 Å². The van der Waals surface area contributed by atoms with Gasteiger partial charge in [0.2, 0.25) is 0 Å². The van der Waals surface area contributed by atoms with Crippen molar-refractivity contribution in [1.82, 2.24) is 5.32 Å². The number of thiophene rings is 1. The number of amides is 1. The maximum atomic E-state index is 13.2. The van der Waals surface area contributed by atoms with Crippen LogP contribution in [0.3, 0.4) is 0 Å². The number of nitrogens with one attached hydrogen (secondary N) is 1. The van der Waals surface area contributed by atoms with Crippen molar-refractivity contribution < 1.29 is 9.18 Å². The number of hydrogen-bond acceptors (Lipinski definition) is 3. The number of fused-ring (bicyclic) bond motifs is 1. The third-order valence-corrected chi connectivity index (χ3v) is 5.32. The summed E-state index contributed by atoms with van der Waals surface area (Å²) < 4.78 is 14.1. The summed E-state index contributed by atoms with van der Waals surface area (Å²) in [5, 5.41) is 3.58. The number of anilines is 1. The fourth-order valence-corrected chi connectivity index (χ4v) is 3.61. The fraction of sp³-hybridized carbons (Fsp3) is 0.400. The van der Waals surface area contributed by atoms with Gasteiger partial charge in [-0.1, -0.05) is 13.3 Å². The lowest BCUT2D eigenvalue weighted by Gasteiger charge is -2.38. The molecule has 1 aliphatic rings. The van der Waals surface area contributed by atoms with E-state index in [2.05, 4.69) is 12.2 Å². The van der Waals surface area contributed by atoms with Crippen LogP contribution in [0.1, 0.15) is 35.9 Å². The highest BCUT2D eigenvalue weighted by atomic mass is 32.1. The summed E-state index contributed by atoms with van der Waals surface area (Å²) >= 11 is 1.31. The van der Waals surface area contributed by atoms with Crippen LogP contribution >= 0.6 is 11.3 Å². The number of hydrogen-bond donors (Lipinski definition) is 2. The van der Waals surface area contributed by atoms with Crippen LogP contribution in [-0.2, 0) is 0 Å². The quantitative estimate of drug-likeness (QED) is 0.909. The van der Waals surface area contributed by atoms with Gasteiger partial charge in [-0.2, -0.15) is 0 Å². The lowest BCUT2D eigenvalue weighted by atomic mass is 9.70. The highest BCUT2D eigenvalue weighted by Gasteiger charge is 2.32. The van der Waals surface area contributed by atoms with Crippen LogP contribution in [0.15, 0.2) is 18.2 Å². The third kappa shape index (κ3) is 2.26. The molecule has 1 heterocycles. The van der Waals surface area contributed by atoms with E-state index < -0.39 is 0 Å². The van der Waals surface area contributed by atoms with Gasteiger partial charge < -0.3 is 11.1 Å². The van der Waals surface area contributed by atoms with Crippen molar-refractivity contribution in [2.45, 2.75) is 26.2 Å². The first kappa shape index (κ1) is 13.4. The second-order valence-electron chi connectivity index (χ2n) is 5.83. The zero-order chi connectivity index (χ0) is 14.3. The fourth-order valence-electron chi connectivity index (χ4n) is 2.59. The monoisotopic (exact) mass is 292 g/mol. The summed E-state index contributed by atoms with van der Waals surface area (Å²) in [5.41, 5.74) is 6.58. The molecule has 0 bridgehead atoms.